The van der Waals surface area contributed by atoms with Gasteiger partial charge in [0.15, 0.2) is 5.82 Å². The van der Waals surface area contributed by atoms with Crippen LogP contribution in [0, 0.1) is 0 Å². The summed E-state index contributed by atoms with van der Waals surface area (Å²) in [5, 5.41) is 7.21. The smallest absolute Gasteiger partial charge is 0.245 e. The molecule has 17 heavy (non-hydrogen) atoms. The molecular formula is C12H15N5. The first-order valence-corrected chi connectivity index (χ1v) is 5.81. The van der Waals surface area contributed by atoms with Gasteiger partial charge in [0.2, 0.25) is 5.95 Å². The van der Waals surface area contributed by atoms with Crippen molar-refractivity contribution in [2.75, 3.05) is 18.0 Å². The molecule has 1 saturated heterocycles. The molecule has 0 radical (unpaired) electrons. The van der Waals surface area contributed by atoms with Crippen molar-refractivity contribution in [3.8, 4) is 11.4 Å². The van der Waals surface area contributed by atoms with Gasteiger partial charge in [-0.05, 0) is 6.42 Å². The maximum Gasteiger partial charge on any atom is 0.245 e. The van der Waals surface area contributed by atoms with Gasteiger partial charge in [-0.15, -0.1) is 5.10 Å². The Kier molecular flexibility index (Phi) is 2.53. The van der Waals surface area contributed by atoms with Gasteiger partial charge in [0, 0.05) is 24.7 Å². The number of H-pyrrole nitrogens is 1. The molecule has 2 aromatic rings. The van der Waals surface area contributed by atoms with Crippen molar-refractivity contribution in [3.05, 3.63) is 30.3 Å². The molecule has 88 valence electrons. The van der Waals surface area contributed by atoms with Crippen LogP contribution >= 0.6 is 0 Å². The Hall–Kier alpha value is -1.88. The maximum atomic E-state index is 5.87. The molecule has 1 unspecified atom stereocenters. The minimum absolute atomic E-state index is 0.244. The Morgan fingerprint density at radius 1 is 1.29 bits per heavy atom. The van der Waals surface area contributed by atoms with E-state index in [1.807, 2.05) is 30.3 Å². The number of nitrogens with zero attached hydrogens (tertiary/aromatic N) is 3. The van der Waals surface area contributed by atoms with Crippen LogP contribution in [0.1, 0.15) is 6.42 Å². The average Bonchev–Trinajstić information content (AvgIpc) is 2.98. The molecule has 5 heteroatoms. The molecule has 0 spiro atoms. The number of aromatic amines is 1. The molecule has 0 saturated carbocycles. The number of rotatable bonds is 2. The number of aromatic nitrogens is 3. The van der Waals surface area contributed by atoms with Gasteiger partial charge in [-0.3, -0.25) is 5.10 Å². The predicted molar refractivity (Wildman–Crippen MR) is 66.6 cm³/mol. The number of benzene rings is 1. The van der Waals surface area contributed by atoms with Gasteiger partial charge >= 0.3 is 0 Å². The highest BCUT2D eigenvalue weighted by Crippen LogP contribution is 2.19. The summed E-state index contributed by atoms with van der Waals surface area (Å²) in [5.74, 6) is 1.55. The molecule has 1 aromatic heterocycles. The van der Waals surface area contributed by atoms with Crippen LogP contribution in [0.15, 0.2) is 30.3 Å². The van der Waals surface area contributed by atoms with Crippen LogP contribution in [-0.4, -0.2) is 34.3 Å². The molecule has 2 heterocycles. The van der Waals surface area contributed by atoms with Gasteiger partial charge in [-0.25, -0.2) is 0 Å². The van der Waals surface area contributed by atoms with E-state index < -0.39 is 0 Å². The summed E-state index contributed by atoms with van der Waals surface area (Å²) in [6.45, 7) is 1.78. The highest BCUT2D eigenvalue weighted by molar-refractivity contribution is 5.56. The summed E-state index contributed by atoms with van der Waals surface area (Å²) < 4.78 is 0. The number of nitrogens with two attached hydrogens (primary N) is 1. The van der Waals surface area contributed by atoms with E-state index in [0.717, 1.165) is 36.8 Å². The summed E-state index contributed by atoms with van der Waals surface area (Å²) >= 11 is 0. The second-order valence-electron chi connectivity index (χ2n) is 4.34. The lowest BCUT2D eigenvalue weighted by Gasteiger charge is -2.11. The van der Waals surface area contributed by atoms with Crippen molar-refractivity contribution >= 4 is 5.95 Å². The van der Waals surface area contributed by atoms with E-state index >= 15 is 0 Å². The normalized spacial score (nSPS) is 19.8. The van der Waals surface area contributed by atoms with E-state index in [-0.39, 0.29) is 6.04 Å². The standard InChI is InChI=1S/C12H15N5/c13-10-6-7-17(8-10)12-14-11(15-16-12)9-4-2-1-3-5-9/h1-5,10H,6-8,13H2,(H,14,15,16). The molecule has 3 rings (SSSR count). The summed E-state index contributed by atoms with van der Waals surface area (Å²) in [6.07, 6.45) is 1.01. The first kappa shape index (κ1) is 10.3. The maximum absolute atomic E-state index is 5.87. The quantitative estimate of drug-likeness (QED) is 0.806. The fraction of sp³-hybridized carbons (Fsp3) is 0.333. The fourth-order valence-corrected chi connectivity index (χ4v) is 2.09. The molecule has 0 bridgehead atoms. The molecule has 1 atom stereocenters. The van der Waals surface area contributed by atoms with Gasteiger partial charge < -0.3 is 10.6 Å². The zero-order valence-corrected chi connectivity index (χ0v) is 9.50. The number of hydrogen-bond donors (Lipinski definition) is 2. The summed E-state index contributed by atoms with van der Waals surface area (Å²) in [4.78, 5) is 6.62. The van der Waals surface area contributed by atoms with Crippen LogP contribution < -0.4 is 10.6 Å². The van der Waals surface area contributed by atoms with Crippen molar-refractivity contribution in [3.63, 3.8) is 0 Å². The second-order valence-corrected chi connectivity index (χ2v) is 4.34. The molecule has 1 aliphatic rings. The third kappa shape index (κ3) is 2.01. The Balaban J connectivity index is 1.84. The van der Waals surface area contributed by atoms with Crippen LogP contribution in [-0.2, 0) is 0 Å². The zero-order valence-electron chi connectivity index (χ0n) is 9.50. The number of anilines is 1. The summed E-state index contributed by atoms with van der Waals surface area (Å²) in [5.41, 5.74) is 6.92. The van der Waals surface area contributed by atoms with Crippen LogP contribution in [0.3, 0.4) is 0 Å². The Labute approximate surface area is 99.7 Å². The Bertz CT molecular complexity index is 493. The van der Waals surface area contributed by atoms with Gasteiger partial charge in [0.05, 0.1) is 0 Å². The minimum Gasteiger partial charge on any atom is -0.338 e. The number of nitrogens with one attached hydrogen (secondary N) is 1. The molecule has 1 aromatic carbocycles. The highest BCUT2D eigenvalue weighted by Gasteiger charge is 2.22. The van der Waals surface area contributed by atoms with Crippen molar-refractivity contribution in [1.29, 1.82) is 0 Å². The molecule has 0 aliphatic carbocycles. The van der Waals surface area contributed by atoms with Crippen LogP contribution in [0.5, 0.6) is 0 Å². The molecule has 1 aliphatic heterocycles. The molecule has 1 fully saturated rings. The highest BCUT2D eigenvalue weighted by atomic mass is 15.4. The number of hydrogen-bond acceptors (Lipinski definition) is 4. The SMILES string of the molecule is NC1CCN(c2n[nH]c(-c3ccccc3)n2)C1. The van der Waals surface area contributed by atoms with E-state index in [0.29, 0.717) is 0 Å². The summed E-state index contributed by atoms with van der Waals surface area (Å²) in [6, 6.07) is 10.2. The van der Waals surface area contributed by atoms with E-state index in [2.05, 4.69) is 20.1 Å². The lowest BCUT2D eigenvalue weighted by atomic mass is 10.2. The second kappa shape index (κ2) is 4.18. The fourth-order valence-electron chi connectivity index (χ4n) is 2.09. The summed E-state index contributed by atoms with van der Waals surface area (Å²) in [7, 11) is 0. The van der Waals surface area contributed by atoms with Crippen LogP contribution in [0.25, 0.3) is 11.4 Å². The van der Waals surface area contributed by atoms with Gasteiger partial charge in [0.25, 0.3) is 0 Å². The third-order valence-electron chi connectivity index (χ3n) is 3.03. The van der Waals surface area contributed by atoms with Crippen molar-refractivity contribution in [2.45, 2.75) is 12.5 Å². The van der Waals surface area contributed by atoms with Gasteiger partial charge in [-0.1, -0.05) is 30.3 Å². The van der Waals surface area contributed by atoms with Crippen molar-refractivity contribution in [1.82, 2.24) is 15.2 Å². The topological polar surface area (TPSA) is 70.8 Å². The first-order valence-electron chi connectivity index (χ1n) is 5.81. The molecule has 5 nitrogen and oxygen atoms in total. The van der Waals surface area contributed by atoms with E-state index in [1.165, 1.54) is 0 Å². The minimum atomic E-state index is 0.244. The van der Waals surface area contributed by atoms with Crippen LogP contribution in [0.4, 0.5) is 5.95 Å². The van der Waals surface area contributed by atoms with Gasteiger partial charge in [0.1, 0.15) is 0 Å². The average molecular weight is 229 g/mol. The van der Waals surface area contributed by atoms with E-state index in [9.17, 15) is 0 Å². The predicted octanol–water partition coefficient (Wildman–Crippen LogP) is 1.01. The molecule has 0 amide bonds. The molecule has 3 N–H and O–H groups in total. The van der Waals surface area contributed by atoms with Crippen molar-refractivity contribution < 1.29 is 0 Å². The van der Waals surface area contributed by atoms with Gasteiger partial charge in [-0.2, -0.15) is 4.98 Å². The largest absolute Gasteiger partial charge is 0.338 e. The lowest BCUT2D eigenvalue weighted by Crippen LogP contribution is -2.26. The molecular weight excluding hydrogens is 214 g/mol. The van der Waals surface area contributed by atoms with E-state index in [1.54, 1.807) is 0 Å². The lowest BCUT2D eigenvalue weighted by molar-refractivity contribution is 0.750. The first-order chi connectivity index (χ1) is 8.33. The third-order valence-corrected chi connectivity index (χ3v) is 3.03. The van der Waals surface area contributed by atoms with E-state index in [4.69, 9.17) is 5.73 Å². The monoisotopic (exact) mass is 229 g/mol. The Morgan fingerprint density at radius 2 is 2.12 bits per heavy atom. The zero-order chi connectivity index (χ0) is 11.7. The Morgan fingerprint density at radius 3 is 2.82 bits per heavy atom. The van der Waals surface area contributed by atoms with Crippen molar-refractivity contribution in [2.24, 2.45) is 5.73 Å². The van der Waals surface area contributed by atoms with Crippen LogP contribution in [0.2, 0.25) is 0 Å².